The van der Waals surface area contributed by atoms with E-state index in [0.717, 1.165) is 37.5 Å². The van der Waals surface area contributed by atoms with Gasteiger partial charge in [-0.25, -0.2) is 0 Å². The molecule has 7 heteroatoms. The van der Waals surface area contributed by atoms with Crippen LogP contribution in [0.15, 0.2) is 47.7 Å². The number of carbonyl (C=O) groups excluding carboxylic acids is 1. The second kappa shape index (κ2) is 9.92. The Morgan fingerprint density at radius 3 is 2.89 bits per heavy atom. The highest BCUT2D eigenvalue weighted by atomic mass is 16.5. The van der Waals surface area contributed by atoms with Gasteiger partial charge in [0.15, 0.2) is 5.96 Å². The Balaban J connectivity index is 1.53. The van der Waals surface area contributed by atoms with E-state index in [-0.39, 0.29) is 11.9 Å². The van der Waals surface area contributed by atoms with Crippen LogP contribution in [-0.2, 0) is 22.6 Å². The Bertz CT molecular complexity index is 787. The summed E-state index contributed by atoms with van der Waals surface area (Å²) >= 11 is 0. The molecule has 0 bridgehead atoms. The molecule has 0 radical (unpaired) electrons. The lowest BCUT2D eigenvalue weighted by molar-refractivity contribution is -0.149. The maximum absolute atomic E-state index is 12.1. The van der Waals surface area contributed by atoms with Gasteiger partial charge in [-0.1, -0.05) is 30.3 Å². The van der Waals surface area contributed by atoms with Crippen molar-refractivity contribution in [1.82, 2.24) is 20.0 Å². The Labute approximate surface area is 166 Å². The van der Waals surface area contributed by atoms with Crippen molar-refractivity contribution in [2.45, 2.75) is 32.9 Å². The summed E-state index contributed by atoms with van der Waals surface area (Å²) in [5.41, 5.74) is 2.32. The fourth-order valence-electron chi connectivity index (χ4n) is 3.49. The van der Waals surface area contributed by atoms with Gasteiger partial charge in [0.1, 0.15) is 0 Å². The van der Waals surface area contributed by atoms with Gasteiger partial charge < -0.3 is 15.0 Å². The van der Waals surface area contributed by atoms with Gasteiger partial charge in [0.2, 0.25) is 0 Å². The molecule has 2 heterocycles. The third kappa shape index (κ3) is 5.34. The molecule has 28 heavy (non-hydrogen) atoms. The highest BCUT2D eigenvalue weighted by Gasteiger charge is 2.28. The molecular weight excluding hydrogens is 354 g/mol. The maximum Gasteiger partial charge on any atom is 0.310 e. The summed E-state index contributed by atoms with van der Waals surface area (Å²) in [6, 6.07) is 10.3. The number of hydrogen-bond acceptors (Lipinski definition) is 4. The minimum absolute atomic E-state index is 0.0825. The fourth-order valence-corrected chi connectivity index (χ4v) is 3.49. The van der Waals surface area contributed by atoms with E-state index in [1.807, 2.05) is 42.2 Å². The maximum atomic E-state index is 12.1. The third-order valence-electron chi connectivity index (χ3n) is 4.88. The van der Waals surface area contributed by atoms with E-state index in [0.29, 0.717) is 19.7 Å². The number of hydrogen-bond donors (Lipinski definition) is 1. The highest BCUT2D eigenvalue weighted by Crippen LogP contribution is 2.18. The molecule has 150 valence electrons. The van der Waals surface area contributed by atoms with Gasteiger partial charge in [-0.05, 0) is 25.3 Å². The summed E-state index contributed by atoms with van der Waals surface area (Å²) < 4.78 is 7.12. The molecular formula is C21H29N5O2. The number of guanidine groups is 1. The zero-order chi connectivity index (χ0) is 19.8. The van der Waals surface area contributed by atoms with Gasteiger partial charge in [-0.15, -0.1) is 0 Å². The van der Waals surface area contributed by atoms with Crippen LogP contribution in [0.3, 0.4) is 0 Å². The summed E-state index contributed by atoms with van der Waals surface area (Å²) in [5.74, 6) is 0.621. The molecule has 1 aromatic heterocycles. The minimum Gasteiger partial charge on any atom is -0.466 e. The second-order valence-electron chi connectivity index (χ2n) is 6.97. The van der Waals surface area contributed by atoms with Crippen molar-refractivity contribution in [2.75, 3.05) is 26.7 Å². The lowest BCUT2D eigenvalue weighted by Crippen LogP contribution is -2.48. The van der Waals surface area contributed by atoms with E-state index in [1.165, 1.54) is 5.56 Å². The van der Waals surface area contributed by atoms with Crippen LogP contribution < -0.4 is 5.32 Å². The molecule has 1 aliphatic rings. The number of carbonyl (C=O) groups is 1. The number of benzene rings is 1. The van der Waals surface area contributed by atoms with Crippen molar-refractivity contribution >= 4 is 11.9 Å². The van der Waals surface area contributed by atoms with Gasteiger partial charge in [0.05, 0.1) is 25.3 Å². The minimum atomic E-state index is -0.107. The summed E-state index contributed by atoms with van der Waals surface area (Å²) in [4.78, 5) is 18.6. The van der Waals surface area contributed by atoms with E-state index < -0.39 is 0 Å². The molecule has 7 nitrogen and oxygen atoms in total. The van der Waals surface area contributed by atoms with Crippen molar-refractivity contribution in [3.05, 3.63) is 53.9 Å². The average Bonchev–Trinajstić information content (AvgIpc) is 3.17. The standard InChI is InChI=1S/C21H29N5O2/c1-3-28-20(27)19-10-7-11-25(16-19)21(22-2)23-12-18-13-24-26(15-18)14-17-8-5-4-6-9-17/h4-6,8-9,13,15,19H,3,7,10-12,14,16H2,1-2H3,(H,22,23). The second-order valence-corrected chi connectivity index (χ2v) is 6.97. The number of rotatable bonds is 6. The summed E-state index contributed by atoms with van der Waals surface area (Å²) in [5, 5.41) is 7.84. The Morgan fingerprint density at radius 1 is 1.32 bits per heavy atom. The van der Waals surface area contributed by atoms with Gasteiger partial charge in [0.25, 0.3) is 0 Å². The molecule has 1 saturated heterocycles. The average molecular weight is 383 g/mol. The number of ether oxygens (including phenoxy) is 1. The van der Waals surface area contributed by atoms with Gasteiger partial charge in [0, 0.05) is 38.4 Å². The van der Waals surface area contributed by atoms with E-state index in [4.69, 9.17) is 4.74 Å². The van der Waals surface area contributed by atoms with Crippen LogP contribution >= 0.6 is 0 Å². The third-order valence-corrected chi connectivity index (χ3v) is 4.88. The molecule has 1 aromatic carbocycles. The normalized spacial score (nSPS) is 17.4. The quantitative estimate of drug-likeness (QED) is 0.471. The zero-order valence-corrected chi connectivity index (χ0v) is 16.7. The van der Waals surface area contributed by atoms with Crippen molar-refractivity contribution in [3.8, 4) is 0 Å². The Hall–Kier alpha value is -2.83. The topological polar surface area (TPSA) is 71.8 Å². The zero-order valence-electron chi connectivity index (χ0n) is 16.7. The van der Waals surface area contributed by atoms with E-state index in [2.05, 4.69) is 32.4 Å². The van der Waals surface area contributed by atoms with Gasteiger partial charge in [-0.3, -0.25) is 14.5 Å². The first-order chi connectivity index (χ1) is 13.7. The number of nitrogens with zero attached hydrogens (tertiary/aromatic N) is 4. The first-order valence-electron chi connectivity index (χ1n) is 9.87. The summed E-state index contributed by atoms with van der Waals surface area (Å²) in [6.45, 7) is 5.20. The van der Waals surface area contributed by atoms with Crippen LogP contribution in [0.1, 0.15) is 30.9 Å². The molecule has 2 aromatic rings. The Kier molecular flexibility index (Phi) is 7.06. The van der Waals surface area contributed by atoms with Crippen LogP contribution in [0.4, 0.5) is 0 Å². The largest absolute Gasteiger partial charge is 0.466 e. The molecule has 0 amide bonds. The van der Waals surface area contributed by atoms with Crippen LogP contribution in [-0.4, -0.2) is 53.4 Å². The number of aliphatic imine (C=N–C) groups is 1. The van der Waals surface area contributed by atoms with Gasteiger partial charge >= 0.3 is 5.97 Å². The van der Waals surface area contributed by atoms with E-state index >= 15 is 0 Å². The predicted octanol–water partition coefficient (Wildman–Crippen LogP) is 2.28. The first kappa shape index (κ1) is 19.9. The van der Waals surface area contributed by atoms with Crippen LogP contribution in [0.5, 0.6) is 0 Å². The van der Waals surface area contributed by atoms with Crippen LogP contribution in [0.2, 0.25) is 0 Å². The SMILES string of the molecule is CCOC(=O)C1CCCN(C(=NC)NCc2cnn(Cc3ccccc3)c2)C1. The highest BCUT2D eigenvalue weighted by molar-refractivity contribution is 5.81. The molecule has 3 rings (SSSR count). The van der Waals surface area contributed by atoms with Crippen molar-refractivity contribution < 1.29 is 9.53 Å². The lowest BCUT2D eigenvalue weighted by atomic mass is 9.98. The van der Waals surface area contributed by atoms with Gasteiger partial charge in [-0.2, -0.15) is 5.10 Å². The molecule has 0 saturated carbocycles. The van der Waals surface area contributed by atoms with Crippen molar-refractivity contribution in [2.24, 2.45) is 10.9 Å². The summed E-state index contributed by atoms with van der Waals surface area (Å²) in [6.07, 6.45) is 5.75. The molecule has 0 aliphatic carbocycles. The lowest BCUT2D eigenvalue weighted by Gasteiger charge is -2.33. The Morgan fingerprint density at radius 2 is 2.14 bits per heavy atom. The predicted molar refractivity (Wildman–Crippen MR) is 109 cm³/mol. The fraction of sp³-hybridized carbons (Fsp3) is 0.476. The number of piperidine rings is 1. The number of likely N-dealkylation sites (tertiary alicyclic amines) is 1. The smallest absolute Gasteiger partial charge is 0.310 e. The molecule has 1 N–H and O–H groups in total. The number of esters is 1. The van der Waals surface area contributed by atoms with Crippen LogP contribution in [0.25, 0.3) is 0 Å². The number of nitrogens with one attached hydrogen (secondary N) is 1. The molecule has 1 fully saturated rings. The van der Waals surface area contributed by atoms with E-state index in [9.17, 15) is 4.79 Å². The number of aromatic nitrogens is 2. The van der Waals surface area contributed by atoms with Crippen molar-refractivity contribution in [1.29, 1.82) is 0 Å². The summed E-state index contributed by atoms with van der Waals surface area (Å²) in [7, 11) is 1.77. The molecule has 0 spiro atoms. The van der Waals surface area contributed by atoms with E-state index in [1.54, 1.807) is 7.05 Å². The van der Waals surface area contributed by atoms with Crippen LogP contribution in [0, 0.1) is 5.92 Å². The molecule has 1 aliphatic heterocycles. The molecule has 1 atom stereocenters. The monoisotopic (exact) mass is 383 g/mol. The molecule has 1 unspecified atom stereocenters. The first-order valence-corrected chi connectivity index (χ1v) is 9.87. The van der Waals surface area contributed by atoms with Crippen molar-refractivity contribution in [3.63, 3.8) is 0 Å².